The van der Waals surface area contributed by atoms with Crippen LogP contribution in [0.3, 0.4) is 0 Å². The third-order valence-electron chi connectivity index (χ3n) is 3.72. The van der Waals surface area contributed by atoms with Crippen LogP contribution in [0.5, 0.6) is 0 Å². The molecular formula is C13H23N3O4. The molecule has 0 aromatic carbocycles. The van der Waals surface area contributed by atoms with Crippen LogP contribution in [0.25, 0.3) is 0 Å². The zero-order valence-electron chi connectivity index (χ0n) is 11.8. The van der Waals surface area contributed by atoms with E-state index in [9.17, 15) is 14.4 Å². The van der Waals surface area contributed by atoms with Crippen LogP contribution in [0.4, 0.5) is 4.79 Å². The van der Waals surface area contributed by atoms with E-state index in [0.29, 0.717) is 0 Å². The van der Waals surface area contributed by atoms with E-state index in [-0.39, 0.29) is 18.9 Å². The van der Waals surface area contributed by atoms with Gasteiger partial charge in [-0.25, -0.2) is 9.59 Å². The summed E-state index contributed by atoms with van der Waals surface area (Å²) in [7, 11) is 1.68. The monoisotopic (exact) mass is 285 g/mol. The van der Waals surface area contributed by atoms with E-state index in [2.05, 4.69) is 5.32 Å². The SMILES string of the molecule is CN(C(=O)N[C@H](CCC(N)=O)C(=O)O)C1CCCCC1. The fourth-order valence-corrected chi connectivity index (χ4v) is 2.43. The molecule has 0 heterocycles. The second kappa shape index (κ2) is 7.72. The van der Waals surface area contributed by atoms with Gasteiger partial charge < -0.3 is 21.1 Å². The Hall–Kier alpha value is -1.79. The Morgan fingerprint density at radius 1 is 1.30 bits per heavy atom. The number of carbonyl (C=O) groups is 3. The number of carboxylic acid groups (broad SMARTS) is 1. The van der Waals surface area contributed by atoms with Crippen molar-refractivity contribution < 1.29 is 19.5 Å². The summed E-state index contributed by atoms with van der Waals surface area (Å²) in [5.74, 6) is -1.73. The lowest BCUT2D eigenvalue weighted by atomic mass is 9.95. The number of primary amides is 1. The molecule has 0 aromatic heterocycles. The molecule has 1 rings (SSSR count). The second-order valence-corrected chi connectivity index (χ2v) is 5.25. The van der Waals surface area contributed by atoms with E-state index in [0.717, 1.165) is 25.7 Å². The standard InChI is InChI=1S/C13H23N3O4/c1-16(9-5-3-2-4-6-9)13(20)15-10(12(18)19)7-8-11(14)17/h9-10H,2-8H2,1H3,(H2,14,17)(H,15,20)(H,18,19)/t10-/m1/s1. The molecule has 1 fully saturated rings. The minimum absolute atomic E-state index is 0.00884. The van der Waals surface area contributed by atoms with Gasteiger partial charge in [0.15, 0.2) is 0 Å². The van der Waals surface area contributed by atoms with E-state index in [1.54, 1.807) is 11.9 Å². The fraction of sp³-hybridized carbons (Fsp3) is 0.769. The highest BCUT2D eigenvalue weighted by molar-refractivity contribution is 5.83. The summed E-state index contributed by atoms with van der Waals surface area (Å²) >= 11 is 0. The molecule has 1 saturated carbocycles. The van der Waals surface area contributed by atoms with E-state index >= 15 is 0 Å². The number of hydrogen-bond acceptors (Lipinski definition) is 3. The molecule has 3 amide bonds. The molecule has 0 unspecified atom stereocenters. The molecule has 4 N–H and O–H groups in total. The molecule has 0 radical (unpaired) electrons. The summed E-state index contributed by atoms with van der Waals surface area (Å²) in [5.41, 5.74) is 4.99. The molecule has 1 aliphatic rings. The molecule has 0 saturated heterocycles. The van der Waals surface area contributed by atoms with Crippen LogP contribution in [0.1, 0.15) is 44.9 Å². The van der Waals surface area contributed by atoms with Gasteiger partial charge in [-0.1, -0.05) is 19.3 Å². The lowest BCUT2D eigenvalue weighted by Crippen LogP contribution is -2.50. The molecule has 0 aliphatic heterocycles. The molecule has 0 aromatic rings. The summed E-state index contributed by atoms with van der Waals surface area (Å²) in [6.45, 7) is 0. The first-order chi connectivity index (χ1) is 9.41. The highest BCUT2D eigenvalue weighted by atomic mass is 16.4. The molecule has 0 spiro atoms. The first-order valence-corrected chi connectivity index (χ1v) is 6.96. The Bertz CT molecular complexity index is 367. The Kier molecular flexibility index (Phi) is 6.27. The van der Waals surface area contributed by atoms with Crippen LogP contribution in [0, 0.1) is 0 Å². The van der Waals surface area contributed by atoms with E-state index < -0.39 is 23.9 Å². The molecule has 7 nitrogen and oxygen atoms in total. The molecule has 7 heteroatoms. The first kappa shape index (κ1) is 16.3. The number of aliphatic carboxylic acids is 1. The highest BCUT2D eigenvalue weighted by Crippen LogP contribution is 2.21. The van der Waals surface area contributed by atoms with Gasteiger partial charge >= 0.3 is 12.0 Å². The average molecular weight is 285 g/mol. The van der Waals surface area contributed by atoms with Crippen LogP contribution in [-0.2, 0) is 9.59 Å². The van der Waals surface area contributed by atoms with Gasteiger partial charge in [-0.15, -0.1) is 0 Å². The molecule has 20 heavy (non-hydrogen) atoms. The number of nitrogens with zero attached hydrogens (tertiary/aromatic N) is 1. The summed E-state index contributed by atoms with van der Waals surface area (Å²) in [4.78, 5) is 35.4. The van der Waals surface area contributed by atoms with Crippen LogP contribution < -0.4 is 11.1 Å². The summed E-state index contributed by atoms with van der Waals surface area (Å²) < 4.78 is 0. The maximum atomic E-state index is 12.0. The van der Waals surface area contributed by atoms with Gasteiger partial charge in [0.2, 0.25) is 5.91 Å². The number of carboxylic acids is 1. The zero-order chi connectivity index (χ0) is 15.1. The van der Waals surface area contributed by atoms with Gasteiger partial charge in [0.1, 0.15) is 6.04 Å². The summed E-state index contributed by atoms with van der Waals surface area (Å²) in [6.07, 6.45) is 5.20. The van der Waals surface area contributed by atoms with Gasteiger partial charge in [0.25, 0.3) is 0 Å². The molecule has 1 aliphatic carbocycles. The molecular weight excluding hydrogens is 262 g/mol. The van der Waals surface area contributed by atoms with Crippen molar-refractivity contribution in [1.29, 1.82) is 0 Å². The molecule has 114 valence electrons. The van der Waals surface area contributed by atoms with Crippen LogP contribution in [0.2, 0.25) is 0 Å². The molecule has 1 atom stereocenters. The van der Waals surface area contributed by atoms with Crippen LogP contribution in [-0.4, -0.2) is 47.0 Å². The third-order valence-corrected chi connectivity index (χ3v) is 3.72. The van der Waals surface area contributed by atoms with E-state index in [1.807, 2.05) is 0 Å². The Morgan fingerprint density at radius 2 is 1.90 bits per heavy atom. The van der Waals surface area contributed by atoms with Crippen molar-refractivity contribution in [3.8, 4) is 0 Å². The van der Waals surface area contributed by atoms with Crippen molar-refractivity contribution in [3.63, 3.8) is 0 Å². The van der Waals surface area contributed by atoms with Crippen molar-refractivity contribution >= 4 is 17.9 Å². The number of amides is 3. The van der Waals surface area contributed by atoms with Gasteiger partial charge in [-0.05, 0) is 19.3 Å². The van der Waals surface area contributed by atoms with Gasteiger partial charge in [0.05, 0.1) is 0 Å². The van der Waals surface area contributed by atoms with E-state index in [1.165, 1.54) is 6.42 Å². The van der Waals surface area contributed by atoms with Crippen molar-refractivity contribution in [2.75, 3.05) is 7.05 Å². The quantitative estimate of drug-likeness (QED) is 0.666. The zero-order valence-corrected chi connectivity index (χ0v) is 11.8. The van der Waals surface area contributed by atoms with Crippen molar-refractivity contribution in [2.24, 2.45) is 5.73 Å². The summed E-state index contributed by atoms with van der Waals surface area (Å²) in [5, 5.41) is 11.5. The highest BCUT2D eigenvalue weighted by Gasteiger charge is 2.26. The Balaban J connectivity index is 2.51. The van der Waals surface area contributed by atoms with Crippen molar-refractivity contribution in [2.45, 2.75) is 57.0 Å². The number of rotatable bonds is 6. The number of carbonyl (C=O) groups excluding carboxylic acids is 2. The van der Waals surface area contributed by atoms with Crippen molar-refractivity contribution in [3.05, 3.63) is 0 Å². The lowest BCUT2D eigenvalue weighted by molar-refractivity contribution is -0.139. The Labute approximate surface area is 118 Å². The topological polar surface area (TPSA) is 113 Å². The van der Waals surface area contributed by atoms with Gasteiger partial charge in [-0.2, -0.15) is 0 Å². The second-order valence-electron chi connectivity index (χ2n) is 5.25. The van der Waals surface area contributed by atoms with E-state index in [4.69, 9.17) is 10.8 Å². The summed E-state index contributed by atoms with van der Waals surface area (Å²) in [6, 6.07) is -1.33. The maximum Gasteiger partial charge on any atom is 0.326 e. The molecule has 0 bridgehead atoms. The minimum Gasteiger partial charge on any atom is -0.480 e. The third kappa shape index (κ3) is 5.07. The van der Waals surface area contributed by atoms with Gasteiger partial charge in [0, 0.05) is 19.5 Å². The number of hydrogen-bond donors (Lipinski definition) is 3. The van der Waals surface area contributed by atoms with Crippen LogP contribution >= 0.6 is 0 Å². The maximum absolute atomic E-state index is 12.0. The Morgan fingerprint density at radius 3 is 2.40 bits per heavy atom. The largest absolute Gasteiger partial charge is 0.480 e. The number of nitrogens with two attached hydrogens (primary N) is 1. The van der Waals surface area contributed by atoms with Gasteiger partial charge in [-0.3, -0.25) is 4.79 Å². The average Bonchev–Trinajstić information content (AvgIpc) is 2.42. The predicted molar refractivity (Wildman–Crippen MR) is 73.0 cm³/mol. The predicted octanol–water partition coefficient (Wildman–Crippen LogP) is 0.679. The van der Waals surface area contributed by atoms with Crippen molar-refractivity contribution in [1.82, 2.24) is 10.2 Å². The number of nitrogens with one attached hydrogen (secondary N) is 1. The number of urea groups is 1. The normalized spacial score (nSPS) is 17.2. The minimum atomic E-state index is -1.16. The lowest BCUT2D eigenvalue weighted by Gasteiger charge is -2.32. The first-order valence-electron chi connectivity index (χ1n) is 6.96. The fourth-order valence-electron chi connectivity index (χ4n) is 2.43. The smallest absolute Gasteiger partial charge is 0.326 e. The van der Waals surface area contributed by atoms with Crippen LogP contribution in [0.15, 0.2) is 0 Å².